The second kappa shape index (κ2) is 6.25. The molecule has 4 heteroatoms. The van der Waals surface area contributed by atoms with Crippen LogP contribution in [0.1, 0.15) is 29.2 Å². The fourth-order valence-corrected chi connectivity index (χ4v) is 3.51. The van der Waals surface area contributed by atoms with E-state index in [9.17, 15) is 0 Å². The Morgan fingerprint density at radius 2 is 2.21 bits per heavy atom. The maximum absolute atomic E-state index is 5.65. The van der Waals surface area contributed by atoms with Crippen molar-refractivity contribution in [1.29, 1.82) is 0 Å². The van der Waals surface area contributed by atoms with Crippen molar-refractivity contribution in [2.45, 2.75) is 26.3 Å². The van der Waals surface area contributed by atoms with E-state index in [1.165, 1.54) is 11.1 Å². The fraction of sp³-hybridized carbons (Fsp3) is 0.600. The van der Waals surface area contributed by atoms with Gasteiger partial charge in [-0.3, -0.25) is 0 Å². The maximum Gasteiger partial charge on any atom is 0.126 e. The van der Waals surface area contributed by atoms with Crippen molar-refractivity contribution in [2.24, 2.45) is 5.92 Å². The molecule has 1 heterocycles. The van der Waals surface area contributed by atoms with E-state index >= 15 is 0 Å². The van der Waals surface area contributed by atoms with Gasteiger partial charge in [-0.15, -0.1) is 0 Å². The van der Waals surface area contributed by atoms with Crippen LogP contribution >= 0.6 is 15.9 Å². The van der Waals surface area contributed by atoms with Crippen LogP contribution < -0.4 is 10.1 Å². The summed E-state index contributed by atoms with van der Waals surface area (Å²) in [6, 6.07) is 2.39. The Bertz CT molecular complexity index is 456. The molecule has 3 nitrogen and oxygen atoms in total. The topological polar surface area (TPSA) is 30.5 Å². The molecule has 0 radical (unpaired) electrons. The molecule has 0 saturated carbocycles. The summed E-state index contributed by atoms with van der Waals surface area (Å²) < 4.78 is 12.3. The third kappa shape index (κ3) is 2.81. The van der Waals surface area contributed by atoms with E-state index in [0.717, 1.165) is 35.4 Å². The average molecular weight is 328 g/mol. The first-order chi connectivity index (χ1) is 9.10. The molecule has 0 spiro atoms. The lowest BCUT2D eigenvalue weighted by atomic mass is 9.88. The summed E-state index contributed by atoms with van der Waals surface area (Å²) in [5.74, 6) is 1.50. The Balaban J connectivity index is 2.51. The summed E-state index contributed by atoms with van der Waals surface area (Å²) in [6.45, 7) is 5.91. The number of nitrogens with one attached hydrogen (secondary N) is 1. The van der Waals surface area contributed by atoms with Crippen molar-refractivity contribution in [3.8, 4) is 5.75 Å². The molecule has 1 N–H and O–H groups in total. The number of hydrogen-bond donors (Lipinski definition) is 1. The molecule has 1 aromatic rings. The fourth-order valence-electron chi connectivity index (χ4n) is 2.95. The summed E-state index contributed by atoms with van der Waals surface area (Å²) in [6.07, 6.45) is 1.10. The average Bonchev–Trinajstić information content (AvgIpc) is 2.90. The molecule has 106 valence electrons. The number of ether oxygens (including phenoxy) is 2. The lowest BCUT2D eigenvalue weighted by Crippen LogP contribution is -2.27. The normalized spacial score (nSPS) is 20.6. The zero-order chi connectivity index (χ0) is 14.0. The smallest absolute Gasteiger partial charge is 0.126 e. The minimum Gasteiger partial charge on any atom is -0.496 e. The molecule has 2 rings (SSSR count). The van der Waals surface area contributed by atoms with Gasteiger partial charge in [0.1, 0.15) is 5.75 Å². The summed E-state index contributed by atoms with van der Waals surface area (Å²) in [7, 11) is 3.76. The number of methoxy groups -OCH3 is 1. The first-order valence-corrected chi connectivity index (χ1v) is 7.48. The largest absolute Gasteiger partial charge is 0.496 e. The lowest BCUT2D eigenvalue weighted by molar-refractivity contribution is 0.177. The van der Waals surface area contributed by atoms with Gasteiger partial charge in [0, 0.05) is 28.6 Å². The number of aryl methyl sites for hydroxylation is 1. The molecule has 2 atom stereocenters. The van der Waals surface area contributed by atoms with Gasteiger partial charge >= 0.3 is 0 Å². The number of benzene rings is 1. The van der Waals surface area contributed by atoms with Crippen LogP contribution in [0, 0.1) is 19.8 Å². The van der Waals surface area contributed by atoms with Crippen molar-refractivity contribution in [3.05, 3.63) is 27.2 Å². The molecular weight excluding hydrogens is 306 g/mol. The summed E-state index contributed by atoms with van der Waals surface area (Å²) in [4.78, 5) is 0. The molecule has 0 amide bonds. The van der Waals surface area contributed by atoms with Crippen molar-refractivity contribution in [2.75, 3.05) is 27.4 Å². The van der Waals surface area contributed by atoms with Crippen molar-refractivity contribution in [3.63, 3.8) is 0 Å². The van der Waals surface area contributed by atoms with Gasteiger partial charge in [-0.05, 0) is 44.5 Å². The molecule has 2 unspecified atom stereocenters. The van der Waals surface area contributed by atoms with Gasteiger partial charge in [0.05, 0.1) is 13.7 Å². The van der Waals surface area contributed by atoms with Crippen molar-refractivity contribution < 1.29 is 9.47 Å². The van der Waals surface area contributed by atoms with Gasteiger partial charge in [0.2, 0.25) is 0 Å². The van der Waals surface area contributed by atoms with Gasteiger partial charge in [-0.1, -0.05) is 15.9 Å². The molecular formula is C15H22BrNO2. The van der Waals surface area contributed by atoms with E-state index < -0.39 is 0 Å². The Labute approximate surface area is 123 Å². The van der Waals surface area contributed by atoms with Crippen LogP contribution in [-0.4, -0.2) is 27.4 Å². The Morgan fingerprint density at radius 3 is 2.74 bits per heavy atom. The van der Waals surface area contributed by atoms with Crippen LogP contribution in [-0.2, 0) is 4.74 Å². The number of hydrogen-bond acceptors (Lipinski definition) is 3. The van der Waals surface area contributed by atoms with Gasteiger partial charge in [0.25, 0.3) is 0 Å². The van der Waals surface area contributed by atoms with Crippen LogP contribution in [0.2, 0.25) is 0 Å². The highest BCUT2D eigenvalue weighted by atomic mass is 79.9. The van der Waals surface area contributed by atoms with Gasteiger partial charge < -0.3 is 14.8 Å². The van der Waals surface area contributed by atoms with Crippen LogP contribution in [0.25, 0.3) is 0 Å². The number of halogens is 1. The van der Waals surface area contributed by atoms with Crippen molar-refractivity contribution >= 4 is 15.9 Å². The first-order valence-electron chi connectivity index (χ1n) is 6.68. The van der Waals surface area contributed by atoms with E-state index in [0.29, 0.717) is 5.92 Å². The predicted octanol–water partition coefficient (Wildman–Crippen LogP) is 3.37. The van der Waals surface area contributed by atoms with Crippen LogP contribution in [0.3, 0.4) is 0 Å². The molecule has 0 aromatic heterocycles. The zero-order valence-electron chi connectivity index (χ0n) is 12.0. The summed E-state index contributed by atoms with van der Waals surface area (Å²) >= 11 is 3.65. The van der Waals surface area contributed by atoms with Gasteiger partial charge in [-0.25, -0.2) is 0 Å². The zero-order valence-corrected chi connectivity index (χ0v) is 13.6. The Morgan fingerprint density at radius 1 is 1.47 bits per heavy atom. The summed E-state index contributed by atoms with van der Waals surface area (Å²) in [5.41, 5.74) is 3.66. The van der Waals surface area contributed by atoms with Crippen LogP contribution in [0.4, 0.5) is 0 Å². The third-order valence-corrected chi connectivity index (χ3v) is 4.79. The quantitative estimate of drug-likeness (QED) is 0.919. The predicted molar refractivity (Wildman–Crippen MR) is 80.9 cm³/mol. The molecule has 1 saturated heterocycles. The highest BCUT2D eigenvalue weighted by molar-refractivity contribution is 9.10. The molecule has 1 aliphatic rings. The van der Waals surface area contributed by atoms with Crippen LogP contribution in [0.15, 0.2) is 10.5 Å². The molecule has 0 aliphatic carbocycles. The van der Waals surface area contributed by atoms with E-state index in [2.05, 4.69) is 41.2 Å². The SMILES string of the molecule is CNC(c1c(C)c(Br)cc(C)c1OC)C1CCOC1. The molecule has 19 heavy (non-hydrogen) atoms. The first kappa shape index (κ1) is 14.8. The monoisotopic (exact) mass is 327 g/mol. The van der Waals surface area contributed by atoms with Gasteiger partial charge in [-0.2, -0.15) is 0 Å². The molecule has 0 bridgehead atoms. The molecule has 1 aromatic carbocycles. The van der Waals surface area contributed by atoms with Gasteiger partial charge in [0.15, 0.2) is 0 Å². The standard InChI is InChI=1S/C15H22BrNO2/c1-9-7-12(16)10(2)13(15(9)18-4)14(17-3)11-5-6-19-8-11/h7,11,14,17H,5-6,8H2,1-4H3. The van der Waals surface area contributed by atoms with E-state index in [1.54, 1.807) is 7.11 Å². The second-order valence-electron chi connectivity index (χ2n) is 5.14. The van der Waals surface area contributed by atoms with Crippen molar-refractivity contribution in [1.82, 2.24) is 5.32 Å². The number of rotatable bonds is 4. The highest BCUT2D eigenvalue weighted by Crippen LogP contribution is 2.40. The lowest BCUT2D eigenvalue weighted by Gasteiger charge is -2.27. The Hall–Kier alpha value is -0.580. The molecule has 1 fully saturated rings. The Kier molecular flexibility index (Phi) is 4.87. The van der Waals surface area contributed by atoms with E-state index in [1.807, 2.05) is 7.05 Å². The van der Waals surface area contributed by atoms with Crippen LogP contribution in [0.5, 0.6) is 5.75 Å². The molecule has 1 aliphatic heterocycles. The third-order valence-electron chi connectivity index (χ3n) is 3.97. The maximum atomic E-state index is 5.65. The summed E-state index contributed by atoms with van der Waals surface area (Å²) in [5, 5.41) is 3.45. The van der Waals surface area contributed by atoms with E-state index in [4.69, 9.17) is 9.47 Å². The highest BCUT2D eigenvalue weighted by Gasteiger charge is 2.30. The van der Waals surface area contributed by atoms with E-state index in [-0.39, 0.29) is 6.04 Å². The second-order valence-corrected chi connectivity index (χ2v) is 5.99. The minimum atomic E-state index is 0.272. The minimum absolute atomic E-state index is 0.272.